The van der Waals surface area contributed by atoms with Crippen molar-refractivity contribution in [1.82, 2.24) is 10.2 Å². The fourth-order valence-corrected chi connectivity index (χ4v) is 5.61. The van der Waals surface area contributed by atoms with Gasteiger partial charge in [0, 0.05) is 34.7 Å². The van der Waals surface area contributed by atoms with Crippen LogP contribution in [0.25, 0.3) is 11.0 Å². The average molecular weight is 681 g/mol. The maximum absolute atomic E-state index is 13.5. The Balaban J connectivity index is 1.42. The Morgan fingerprint density at radius 1 is 0.909 bits per heavy atom. The lowest BCUT2D eigenvalue weighted by atomic mass is 9.91. The molecule has 1 N–H and O–H groups in total. The first-order valence-corrected chi connectivity index (χ1v) is 14.2. The van der Waals surface area contributed by atoms with Crippen molar-refractivity contribution in [2.45, 2.75) is 43.7 Å². The van der Waals surface area contributed by atoms with E-state index in [1.807, 2.05) is 0 Å². The molecule has 6 nitrogen and oxygen atoms in total. The molecule has 1 saturated heterocycles. The molecule has 4 aromatic rings. The predicted molar refractivity (Wildman–Crippen MR) is 152 cm³/mol. The maximum Gasteiger partial charge on any atom is 0.416 e. The van der Waals surface area contributed by atoms with E-state index in [1.165, 1.54) is 4.90 Å². The van der Waals surface area contributed by atoms with Gasteiger partial charge in [-0.1, -0.05) is 46.3 Å². The van der Waals surface area contributed by atoms with Gasteiger partial charge in [0.1, 0.15) is 5.58 Å². The Bertz CT molecular complexity index is 1740. The molecule has 1 aliphatic rings. The number of likely N-dealkylation sites (tertiary alicyclic amines) is 1. The van der Waals surface area contributed by atoms with Gasteiger partial charge in [-0.3, -0.25) is 14.4 Å². The van der Waals surface area contributed by atoms with Crippen LogP contribution in [0.1, 0.15) is 50.4 Å². The smallest absolute Gasteiger partial charge is 0.416 e. The number of carbonyl (C=O) groups excluding carboxylic acids is 2. The molecule has 2 heterocycles. The van der Waals surface area contributed by atoms with Gasteiger partial charge in [-0.15, -0.1) is 0 Å². The summed E-state index contributed by atoms with van der Waals surface area (Å²) in [7, 11) is 0. The number of hydrogen-bond donors (Lipinski definition) is 1. The zero-order valence-corrected chi connectivity index (χ0v) is 24.2. The zero-order chi connectivity index (χ0) is 31.8. The first-order valence-electron chi connectivity index (χ1n) is 13.4. The van der Waals surface area contributed by atoms with Crippen molar-refractivity contribution in [3.8, 4) is 0 Å². The molecule has 2 unspecified atom stereocenters. The normalized spacial score (nSPS) is 17.5. The average Bonchev–Trinajstić information content (AvgIpc) is 2.96. The van der Waals surface area contributed by atoms with Gasteiger partial charge in [-0.2, -0.15) is 26.3 Å². The number of halogens is 7. The lowest BCUT2D eigenvalue weighted by Gasteiger charge is -2.40. The topological polar surface area (TPSA) is 79.6 Å². The number of alkyl halides is 6. The fourth-order valence-electron chi connectivity index (χ4n) is 5.27. The van der Waals surface area contributed by atoms with E-state index in [0.29, 0.717) is 16.6 Å². The molecule has 13 heteroatoms. The van der Waals surface area contributed by atoms with Crippen LogP contribution in [-0.4, -0.2) is 35.3 Å². The second-order valence-electron chi connectivity index (χ2n) is 10.4. The Labute approximate surface area is 254 Å². The maximum atomic E-state index is 13.5. The Hall–Kier alpha value is -4.13. The van der Waals surface area contributed by atoms with Crippen molar-refractivity contribution < 1.29 is 40.3 Å². The lowest BCUT2D eigenvalue weighted by Crippen LogP contribution is -2.52. The van der Waals surface area contributed by atoms with E-state index in [4.69, 9.17) is 4.42 Å². The second kappa shape index (κ2) is 12.1. The lowest BCUT2D eigenvalue weighted by molar-refractivity contribution is -0.143. The van der Waals surface area contributed by atoms with Gasteiger partial charge in [0.25, 0.3) is 11.8 Å². The van der Waals surface area contributed by atoms with Crippen molar-refractivity contribution >= 4 is 38.7 Å². The molecule has 1 aromatic heterocycles. The summed E-state index contributed by atoms with van der Waals surface area (Å²) in [5.41, 5.74) is -3.36. The highest BCUT2D eigenvalue weighted by Crippen LogP contribution is 2.37. The van der Waals surface area contributed by atoms with Gasteiger partial charge in [-0.05, 0) is 61.2 Å². The number of fused-ring (bicyclic) bond motifs is 1. The van der Waals surface area contributed by atoms with Crippen LogP contribution in [0.3, 0.4) is 0 Å². The minimum absolute atomic E-state index is 0.0240. The van der Waals surface area contributed by atoms with E-state index < -0.39 is 58.4 Å². The molecular formula is C31H23BrF6N2O4. The third kappa shape index (κ3) is 6.98. The van der Waals surface area contributed by atoms with E-state index in [2.05, 4.69) is 21.2 Å². The molecule has 2 amide bonds. The summed E-state index contributed by atoms with van der Waals surface area (Å²) >= 11 is 3.29. The summed E-state index contributed by atoms with van der Waals surface area (Å²) < 4.78 is 87.2. The summed E-state index contributed by atoms with van der Waals surface area (Å²) in [5, 5.41) is 3.08. The Morgan fingerprint density at radius 2 is 1.57 bits per heavy atom. The van der Waals surface area contributed by atoms with Crippen LogP contribution in [0, 0.1) is 0 Å². The number of rotatable bonds is 5. The van der Waals surface area contributed by atoms with Crippen molar-refractivity contribution in [2.24, 2.45) is 0 Å². The number of benzene rings is 3. The summed E-state index contributed by atoms with van der Waals surface area (Å²) in [4.78, 5) is 40.5. The van der Waals surface area contributed by atoms with Crippen LogP contribution in [-0.2, 0) is 18.8 Å². The fraction of sp³-hybridized carbons (Fsp3) is 0.258. The molecule has 5 rings (SSSR count). The van der Waals surface area contributed by atoms with Gasteiger partial charge in [0.2, 0.25) is 0 Å². The molecule has 2 atom stereocenters. The monoisotopic (exact) mass is 680 g/mol. The van der Waals surface area contributed by atoms with Crippen molar-refractivity contribution in [1.29, 1.82) is 0 Å². The minimum atomic E-state index is -5.11. The second-order valence-corrected chi connectivity index (χ2v) is 11.4. The van der Waals surface area contributed by atoms with Crippen molar-refractivity contribution in [3.63, 3.8) is 0 Å². The van der Waals surface area contributed by atoms with E-state index >= 15 is 0 Å². The summed E-state index contributed by atoms with van der Waals surface area (Å²) in [6, 6.07) is 14.2. The highest BCUT2D eigenvalue weighted by molar-refractivity contribution is 9.10. The SMILES string of the molecule is O=C(NC1CCN(C(=O)c2cc(C(F)(F)F)cc(C(F)(F)F)c2)C(Cc2ccccc2)C1)c1cc(=O)c2ccc(Br)cc2o1. The van der Waals surface area contributed by atoms with Crippen LogP contribution in [0.2, 0.25) is 0 Å². The van der Waals surface area contributed by atoms with Gasteiger partial charge in [-0.25, -0.2) is 0 Å². The zero-order valence-electron chi connectivity index (χ0n) is 22.6. The molecule has 0 aliphatic carbocycles. The molecule has 0 spiro atoms. The minimum Gasteiger partial charge on any atom is -0.451 e. The van der Waals surface area contributed by atoms with E-state index in [0.717, 1.165) is 11.6 Å². The molecule has 0 radical (unpaired) electrons. The standard InChI is InChI=1S/C31H23BrF6N2O4/c32-21-6-7-24-25(41)16-27(44-26(24)14-21)28(42)39-22-8-9-40(23(15-22)10-17-4-2-1-3-5-17)29(43)18-11-19(30(33,34)35)13-20(12-18)31(36,37)38/h1-7,11-14,16,22-23H,8-10,15H2,(H,39,42). The molecular weight excluding hydrogens is 658 g/mol. The van der Waals surface area contributed by atoms with Crippen LogP contribution in [0.15, 0.2) is 86.5 Å². The van der Waals surface area contributed by atoms with Crippen molar-refractivity contribution in [2.75, 3.05) is 6.54 Å². The number of piperidine rings is 1. The van der Waals surface area contributed by atoms with Crippen molar-refractivity contribution in [3.05, 3.63) is 116 Å². The van der Waals surface area contributed by atoms with E-state index in [1.54, 1.807) is 48.5 Å². The molecule has 1 aliphatic heterocycles. The summed E-state index contributed by atoms with van der Waals surface area (Å²) in [6.07, 6.45) is -9.70. The number of carbonyl (C=O) groups is 2. The van der Waals surface area contributed by atoms with Crippen LogP contribution in [0.5, 0.6) is 0 Å². The molecule has 3 aromatic carbocycles. The Kier molecular flexibility index (Phi) is 8.61. The molecule has 230 valence electrons. The van der Waals surface area contributed by atoms with Gasteiger partial charge < -0.3 is 14.6 Å². The largest absolute Gasteiger partial charge is 0.451 e. The number of nitrogens with one attached hydrogen (secondary N) is 1. The summed E-state index contributed by atoms with van der Waals surface area (Å²) in [5.74, 6) is -1.90. The highest BCUT2D eigenvalue weighted by Gasteiger charge is 2.39. The summed E-state index contributed by atoms with van der Waals surface area (Å²) in [6.45, 7) is -0.0620. The molecule has 1 fully saturated rings. The van der Waals surface area contributed by atoms with Crippen LogP contribution in [0.4, 0.5) is 26.3 Å². The van der Waals surface area contributed by atoms with E-state index in [-0.39, 0.29) is 48.6 Å². The Morgan fingerprint density at radius 3 is 2.20 bits per heavy atom. The number of nitrogens with zero attached hydrogens (tertiary/aromatic N) is 1. The van der Waals surface area contributed by atoms with Crippen LogP contribution < -0.4 is 10.7 Å². The predicted octanol–water partition coefficient (Wildman–Crippen LogP) is 7.24. The van der Waals surface area contributed by atoms with Gasteiger partial charge >= 0.3 is 12.4 Å². The van der Waals surface area contributed by atoms with Gasteiger partial charge in [0.05, 0.1) is 16.5 Å². The number of amides is 2. The first kappa shape index (κ1) is 31.3. The molecule has 0 bridgehead atoms. The quantitative estimate of drug-likeness (QED) is 0.226. The van der Waals surface area contributed by atoms with Gasteiger partial charge in [0.15, 0.2) is 11.2 Å². The highest BCUT2D eigenvalue weighted by atomic mass is 79.9. The molecule has 0 saturated carbocycles. The third-order valence-corrected chi connectivity index (χ3v) is 7.87. The van der Waals surface area contributed by atoms with Crippen LogP contribution >= 0.6 is 15.9 Å². The van der Waals surface area contributed by atoms with E-state index in [9.17, 15) is 40.7 Å². The first-order chi connectivity index (χ1) is 20.7. The number of hydrogen-bond acceptors (Lipinski definition) is 4. The third-order valence-electron chi connectivity index (χ3n) is 7.38. The molecule has 44 heavy (non-hydrogen) atoms.